The molecule has 0 saturated heterocycles. The van der Waals surface area contributed by atoms with E-state index in [1.807, 2.05) is 6.07 Å². The maximum atomic E-state index is 12.7. The van der Waals surface area contributed by atoms with Crippen LogP contribution in [-0.2, 0) is 12.6 Å². The van der Waals surface area contributed by atoms with E-state index >= 15 is 0 Å². The zero-order valence-corrected chi connectivity index (χ0v) is 12.9. The van der Waals surface area contributed by atoms with Gasteiger partial charge < -0.3 is 5.32 Å². The third-order valence-corrected chi connectivity index (χ3v) is 3.83. The maximum Gasteiger partial charge on any atom is 0.416 e. The summed E-state index contributed by atoms with van der Waals surface area (Å²) in [6.45, 7) is 0. The number of aromatic nitrogens is 1. The summed E-state index contributed by atoms with van der Waals surface area (Å²) in [6.07, 6.45) is -2.23. The standard InChI is InChI=1S/C15H14BrF3N2/c1-20-13(14-12(16)6-3-7-21-14)9-10-4-2-5-11(8-10)15(17,18)19/h2-8,13,20H,9H2,1H3. The normalized spacial score (nSPS) is 13.2. The lowest BCUT2D eigenvalue weighted by molar-refractivity contribution is -0.137. The molecule has 21 heavy (non-hydrogen) atoms. The number of halogens is 4. The highest BCUT2D eigenvalue weighted by atomic mass is 79.9. The van der Waals surface area contributed by atoms with E-state index in [1.165, 1.54) is 12.1 Å². The van der Waals surface area contributed by atoms with Gasteiger partial charge in [0.05, 0.1) is 17.3 Å². The van der Waals surface area contributed by atoms with E-state index in [-0.39, 0.29) is 6.04 Å². The molecular weight excluding hydrogens is 345 g/mol. The van der Waals surface area contributed by atoms with Crippen molar-refractivity contribution in [2.75, 3.05) is 7.05 Å². The van der Waals surface area contributed by atoms with Gasteiger partial charge in [0.2, 0.25) is 0 Å². The molecule has 0 spiro atoms. The molecule has 0 aliphatic carbocycles. The fourth-order valence-corrected chi connectivity index (χ4v) is 2.63. The lowest BCUT2D eigenvalue weighted by Crippen LogP contribution is -2.20. The van der Waals surface area contributed by atoms with Crippen LogP contribution < -0.4 is 5.32 Å². The third kappa shape index (κ3) is 4.04. The highest BCUT2D eigenvalue weighted by molar-refractivity contribution is 9.10. The summed E-state index contributed by atoms with van der Waals surface area (Å²) in [5, 5.41) is 3.09. The van der Waals surface area contributed by atoms with Gasteiger partial charge in [-0.3, -0.25) is 4.98 Å². The number of pyridine rings is 1. The third-order valence-electron chi connectivity index (χ3n) is 3.16. The predicted octanol–water partition coefficient (Wildman–Crippen LogP) is 4.37. The molecule has 112 valence electrons. The molecule has 0 saturated carbocycles. The SMILES string of the molecule is CNC(Cc1cccc(C(F)(F)F)c1)c1ncccc1Br. The number of benzene rings is 1. The summed E-state index contributed by atoms with van der Waals surface area (Å²) >= 11 is 3.41. The smallest absolute Gasteiger partial charge is 0.311 e. The fraction of sp³-hybridized carbons (Fsp3) is 0.267. The van der Waals surface area contributed by atoms with Crippen molar-refractivity contribution in [3.05, 3.63) is 63.9 Å². The van der Waals surface area contributed by atoms with Crippen molar-refractivity contribution in [3.8, 4) is 0 Å². The van der Waals surface area contributed by atoms with Crippen LogP contribution in [0, 0.1) is 0 Å². The molecule has 6 heteroatoms. The van der Waals surface area contributed by atoms with Gasteiger partial charge in [-0.25, -0.2) is 0 Å². The van der Waals surface area contributed by atoms with Gasteiger partial charge in [0.1, 0.15) is 0 Å². The van der Waals surface area contributed by atoms with E-state index in [2.05, 4.69) is 26.2 Å². The first kappa shape index (κ1) is 16.0. The van der Waals surface area contributed by atoms with E-state index in [1.54, 1.807) is 25.4 Å². The highest BCUT2D eigenvalue weighted by Crippen LogP contribution is 2.31. The van der Waals surface area contributed by atoms with Crippen LogP contribution in [0.1, 0.15) is 22.9 Å². The van der Waals surface area contributed by atoms with E-state index in [9.17, 15) is 13.2 Å². The van der Waals surface area contributed by atoms with Gasteiger partial charge >= 0.3 is 6.18 Å². The molecule has 1 unspecified atom stereocenters. The predicted molar refractivity (Wildman–Crippen MR) is 78.9 cm³/mol. The van der Waals surface area contributed by atoms with Gasteiger partial charge in [-0.1, -0.05) is 18.2 Å². The summed E-state index contributed by atoms with van der Waals surface area (Å²) in [6, 6.07) is 8.87. The van der Waals surface area contributed by atoms with Crippen LogP contribution in [0.15, 0.2) is 47.1 Å². The number of nitrogens with zero attached hydrogens (tertiary/aromatic N) is 1. The molecule has 1 aromatic heterocycles. The summed E-state index contributed by atoms with van der Waals surface area (Å²) in [5.74, 6) is 0. The van der Waals surface area contributed by atoms with Crippen molar-refractivity contribution < 1.29 is 13.2 Å². The Morgan fingerprint density at radius 3 is 2.62 bits per heavy atom. The maximum absolute atomic E-state index is 12.7. The van der Waals surface area contributed by atoms with Crippen molar-refractivity contribution in [3.63, 3.8) is 0 Å². The van der Waals surface area contributed by atoms with Gasteiger partial charge in [-0.05, 0) is 53.2 Å². The molecule has 0 bridgehead atoms. The Balaban J connectivity index is 2.26. The van der Waals surface area contributed by atoms with Crippen LogP contribution in [0.25, 0.3) is 0 Å². The second-order valence-electron chi connectivity index (χ2n) is 4.61. The minimum atomic E-state index is -4.32. The lowest BCUT2D eigenvalue weighted by Gasteiger charge is -2.18. The Hall–Kier alpha value is -1.40. The molecule has 0 radical (unpaired) electrons. The van der Waals surface area contributed by atoms with Crippen LogP contribution in [-0.4, -0.2) is 12.0 Å². The number of hydrogen-bond acceptors (Lipinski definition) is 2. The van der Waals surface area contributed by atoms with Gasteiger partial charge in [-0.15, -0.1) is 0 Å². The van der Waals surface area contributed by atoms with Gasteiger partial charge in [0.15, 0.2) is 0 Å². The van der Waals surface area contributed by atoms with Crippen molar-refractivity contribution in [1.82, 2.24) is 10.3 Å². The number of nitrogens with one attached hydrogen (secondary N) is 1. The topological polar surface area (TPSA) is 24.9 Å². The average molecular weight is 359 g/mol. The summed E-state index contributed by atoms with van der Waals surface area (Å²) in [7, 11) is 1.76. The minimum absolute atomic E-state index is 0.163. The number of hydrogen-bond donors (Lipinski definition) is 1. The number of likely N-dealkylation sites (N-methyl/N-ethyl adjacent to an activating group) is 1. The van der Waals surface area contributed by atoms with Crippen LogP contribution in [0.4, 0.5) is 13.2 Å². The quantitative estimate of drug-likeness (QED) is 0.877. The van der Waals surface area contributed by atoms with Crippen molar-refractivity contribution in [2.24, 2.45) is 0 Å². The second-order valence-corrected chi connectivity index (χ2v) is 5.47. The molecule has 1 N–H and O–H groups in total. The van der Waals surface area contributed by atoms with Crippen molar-refractivity contribution >= 4 is 15.9 Å². The van der Waals surface area contributed by atoms with Crippen LogP contribution >= 0.6 is 15.9 Å². The fourth-order valence-electron chi connectivity index (χ4n) is 2.10. The number of alkyl halides is 3. The van der Waals surface area contributed by atoms with E-state index in [0.717, 1.165) is 16.2 Å². The average Bonchev–Trinajstić information content (AvgIpc) is 2.45. The van der Waals surface area contributed by atoms with E-state index < -0.39 is 11.7 Å². The molecule has 0 aliphatic heterocycles. The molecule has 1 atom stereocenters. The zero-order valence-electron chi connectivity index (χ0n) is 11.3. The van der Waals surface area contributed by atoms with E-state index in [0.29, 0.717) is 12.0 Å². The van der Waals surface area contributed by atoms with Crippen LogP contribution in [0.3, 0.4) is 0 Å². The van der Waals surface area contributed by atoms with Gasteiger partial charge in [0.25, 0.3) is 0 Å². The van der Waals surface area contributed by atoms with Crippen LogP contribution in [0.2, 0.25) is 0 Å². The van der Waals surface area contributed by atoms with Crippen molar-refractivity contribution in [1.29, 1.82) is 0 Å². The summed E-state index contributed by atoms with van der Waals surface area (Å²) in [4.78, 5) is 4.29. The Morgan fingerprint density at radius 2 is 2.00 bits per heavy atom. The second kappa shape index (κ2) is 6.58. The molecular formula is C15H14BrF3N2. The van der Waals surface area contributed by atoms with Gasteiger partial charge in [0, 0.05) is 10.7 Å². The van der Waals surface area contributed by atoms with Crippen LogP contribution in [0.5, 0.6) is 0 Å². The first-order chi connectivity index (χ1) is 9.91. The lowest BCUT2D eigenvalue weighted by atomic mass is 10.0. The summed E-state index contributed by atoms with van der Waals surface area (Å²) < 4.78 is 39.0. The molecule has 0 fully saturated rings. The minimum Gasteiger partial charge on any atom is -0.311 e. The Bertz CT molecular complexity index is 614. The van der Waals surface area contributed by atoms with E-state index in [4.69, 9.17) is 0 Å². The first-order valence-electron chi connectivity index (χ1n) is 6.35. The Labute approximate surface area is 129 Å². The van der Waals surface area contributed by atoms with Gasteiger partial charge in [-0.2, -0.15) is 13.2 Å². The molecule has 2 rings (SSSR count). The highest BCUT2D eigenvalue weighted by Gasteiger charge is 2.30. The van der Waals surface area contributed by atoms with Crippen molar-refractivity contribution in [2.45, 2.75) is 18.6 Å². The Kier molecular flexibility index (Phi) is 5.00. The first-order valence-corrected chi connectivity index (χ1v) is 7.15. The summed E-state index contributed by atoms with van der Waals surface area (Å²) in [5.41, 5.74) is 0.758. The molecule has 1 heterocycles. The Morgan fingerprint density at radius 1 is 1.24 bits per heavy atom. The molecule has 2 aromatic rings. The monoisotopic (exact) mass is 358 g/mol. The zero-order chi connectivity index (χ0) is 15.5. The molecule has 1 aromatic carbocycles. The molecule has 2 nitrogen and oxygen atoms in total. The molecule has 0 aliphatic rings. The number of rotatable bonds is 4. The molecule has 0 amide bonds. The largest absolute Gasteiger partial charge is 0.416 e.